The van der Waals surface area contributed by atoms with Crippen molar-refractivity contribution in [3.8, 4) is 0 Å². The monoisotopic (exact) mass is 184 g/mol. The fourth-order valence-corrected chi connectivity index (χ4v) is 1.64. The summed E-state index contributed by atoms with van der Waals surface area (Å²) in [5, 5.41) is 0. The van der Waals surface area contributed by atoms with E-state index in [9.17, 15) is 0 Å². The van der Waals surface area contributed by atoms with Gasteiger partial charge in [-0.1, -0.05) is 38.0 Å². The number of allylic oxidation sites excluding steroid dienone is 1. The quantitative estimate of drug-likeness (QED) is 0.603. The Labute approximate surface area is 78.8 Å². The predicted molar refractivity (Wildman–Crippen MR) is 55.1 cm³/mol. The van der Waals surface area contributed by atoms with Crippen molar-refractivity contribution in [2.45, 2.75) is 52.4 Å². The zero-order valence-electron chi connectivity index (χ0n) is 8.27. The summed E-state index contributed by atoms with van der Waals surface area (Å²) >= 11 is 0. The maximum absolute atomic E-state index is 8.79. The smallest absolute Gasteiger partial charge is 0.257 e. The molecule has 1 nitrogen and oxygen atoms in total. The summed E-state index contributed by atoms with van der Waals surface area (Å²) in [6.45, 7) is 4.41. The molecule has 0 rings (SSSR count). The van der Waals surface area contributed by atoms with E-state index in [0.717, 1.165) is 0 Å². The highest BCUT2D eigenvalue weighted by Gasteiger charge is 1.96. The van der Waals surface area contributed by atoms with E-state index in [0.29, 0.717) is 0 Å². The van der Waals surface area contributed by atoms with Crippen LogP contribution in [0.5, 0.6) is 0 Å². The van der Waals surface area contributed by atoms with Crippen LogP contribution in [0.25, 0.3) is 0 Å². The maximum Gasteiger partial charge on any atom is 0.257 e. The molecule has 0 fully saturated rings. The molecule has 0 aliphatic carbocycles. The van der Waals surface area contributed by atoms with Gasteiger partial charge in [-0.2, -0.15) is 0 Å². The summed E-state index contributed by atoms with van der Waals surface area (Å²) in [7, 11) is -0.00142. The predicted octanol–water partition coefficient (Wildman–Crippen LogP) is 2.86. The third kappa shape index (κ3) is 6.62. The number of hydrogen-bond donors (Lipinski definition) is 1. The number of rotatable bonds is 7. The van der Waals surface area contributed by atoms with E-state index in [1.165, 1.54) is 44.1 Å². The van der Waals surface area contributed by atoms with Crippen LogP contribution in [0.4, 0.5) is 0 Å². The van der Waals surface area contributed by atoms with Crippen LogP contribution in [0.3, 0.4) is 0 Å². The lowest BCUT2D eigenvalue weighted by Gasteiger charge is -2.04. The second-order valence-corrected chi connectivity index (χ2v) is 3.69. The van der Waals surface area contributed by atoms with Gasteiger partial charge >= 0.3 is 0 Å². The van der Waals surface area contributed by atoms with Crippen LogP contribution >= 0.6 is 0 Å². The van der Waals surface area contributed by atoms with Crippen molar-refractivity contribution >= 4 is 9.76 Å². The lowest BCUT2D eigenvalue weighted by Crippen LogP contribution is -1.89. The molecular weight excluding hydrogens is 164 g/mol. The summed E-state index contributed by atoms with van der Waals surface area (Å²) in [5.41, 5.74) is 3.46. The van der Waals surface area contributed by atoms with Crippen LogP contribution in [-0.4, -0.2) is 14.6 Å². The molecule has 0 unspecified atom stereocenters. The number of unbranched alkanes of at least 4 members (excludes halogenated alkanes) is 2. The molecule has 0 aromatic carbocycles. The fraction of sp³-hybridized carbons (Fsp3) is 0.800. The second kappa shape index (κ2) is 9.01. The Kier molecular flexibility index (Phi) is 8.95. The fourth-order valence-electron chi connectivity index (χ4n) is 1.17. The summed E-state index contributed by atoms with van der Waals surface area (Å²) < 4.78 is 0. The maximum atomic E-state index is 8.79. The van der Waals surface area contributed by atoms with Crippen molar-refractivity contribution in [1.82, 2.24) is 0 Å². The Balaban J connectivity index is 3.62. The molecule has 0 aliphatic rings. The van der Waals surface area contributed by atoms with Gasteiger partial charge in [-0.25, -0.2) is 0 Å². The van der Waals surface area contributed by atoms with Gasteiger partial charge in [-0.3, -0.25) is 0 Å². The summed E-state index contributed by atoms with van der Waals surface area (Å²) in [4.78, 5) is 8.79. The highest BCUT2D eigenvalue weighted by Crippen LogP contribution is 2.13. The zero-order chi connectivity index (χ0) is 9.23. The van der Waals surface area contributed by atoms with E-state index < -0.39 is 0 Å². The Bertz CT molecular complexity index is 111. The molecule has 1 N–H and O–H groups in total. The van der Waals surface area contributed by atoms with Gasteiger partial charge < -0.3 is 4.80 Å². The van der Waals surface area contributed by atoms with Crippen LogP contribution in [-0.2, 0) is 0 Å². The average Bonchev–Trinajstić information content (AvgIpc) is 2.10. The standard InChI is InChI=1S/C10H20OSi/c1-3-5-7-10(9-12-11)8-6-4-2/h9,11H,3-8H2,1-2H3. The van der Waals surface area contributed by atoms with Gasteiger partial charge in [0.2, 0.25) is 0 Å². The molecule has 70 valence electrons. The SMILES string of the molecule is CCCCC(=C[Si]O)CCCC. The normalized spacial score (nSPS) is 9.92. The van der Waals surface area contributed by atoms with Crippen molar-refractivity contribution in [3.05, 3.63) is 11.3 Å². The minimum Gasteiger partial charge on any atom is -0.428 e. The molecular formula is C10H20OSi. The Morgan fingerprint density at radius 1 is 1.17 bits per heavy atom. The lowest BCUT2D eigenvalue weighted by atomic mass is 10.1. The molecule has 0 aliphatic heterocycles. The topological polar surface area (TPSA) is 20.2 Å². The van der Waals surface area contributed by atoms with Gasteiger partial charge in [-0.05, 0) is 25.7 Å². The van der Waals surface area contributed by atoms with Gasteiger partial charge in [0, 0.05) is 0 Å². The van der Waals surface area contributed by atoms with Crippen LogP contribution < -0.4 is 0 Å². The van der Waals surface area contributed by atoms with Crippen LogP contribution in [0, 0.1) is 0 Å². The second-order valence-electron chi connectivity index (χ2n) is 3.14. The van der Waals surface area contributed by atoms with E-state index in [1.807, 2.05) is 5.70 Å². The molecule has 0 heterocycles. The van der Waals surface area contributed by atoms with E-state index in [-0.39, 0.29) is 9.76 Å². The Hall–Kier alpha value is -0.0831. The number of hydrogen-bond acceptors (Lipinski definition) is 1. The molecule has 0 spiro atoms. The molecule has 0 amide bonds. The van der Waals surface area contributed by atoms with Crippen molar-refractivity contribution in [3.63, 3.8) is 0 Å². The average molecular weight is 184 g/mol. The molecule has 0 aromatic heterocycles. The third-order valence-electron chi connectivity index (χ3n) is 1.97. The largest absolute Gasteiger partial charge is 0.428 e. The minimum atomic E-state index is -0.00142. The first-order valence-corrected chi connectivity index (χ1v) is 5.95. The van der Waals surface area contributed by atoms with Crippen molar-refractivity contribution < 1.29 is 4.80 Å². The summed E-state index contributed by atoms with van der Waals surface area (Å²) in [6.07, 6.45) is 7.39. The highest BCUT2D eigenvalue weighted by atomic mass is 28.2. The minimum absolute atomic E-state index is 0.00142. The summed E-state index contributed by atoms with van der Waals surface area (Å²) in [5.74, 6) is 0. The van der Waals surface area contributed by atoms with E-state index >= 15 is 0 Å². The lowest BCUT2D eigenvalue weighted by molar-refractivity contribution is 0.612. The molecule has 0 saturated heterocycles. The first kappa shape index (κ1) is 11.9. The summed E-state index contributed by atoms with van der Waals surface area (Å²) in [6, 6.07) is 0. The molecule has 0 aromatic rings. The van der Waals surface area contributed by atoms with Crippen molar-refractivity contribution in [1.29, 1.82) is 0 Å². The zero-order valence-corrected chi connectivity index (χ0v) is 9.27. The van der Waals surface area contributed by atoms with Crippen molar-refractivity contribution in [2.24, 2.45) is 0 Å². The molecule has 2 heteroatoms. The van der Waals surface area contributed by atoms with E-state index in [2.05, 4.69) is 13.8 Å². The van der Waals surface area contributed by atoms with E-state index in [1.54, 1.807) is 0 Å². The van der Waals surface area contributed by atoms with Crippen LogP contribution in [0.15, 0.2) is 11.3 Å². The van der Waals surface area contributed by atoms with Gasteiger partial charge in [-0.15, -0.1) is 0 Å². The molecule has 0 atom stereocenters. The van der Waals surface area contributed by atoms with Gasteiger partial charge in [0.15, 0.2) is 0 Å². The Morgan fingerprint density at radius 3 is 2.00 bits per heavy atom. The van der Waals surface area contributed by atoms with Gasteiger partial charge in [0.1, 0.15) is 0 Å². The molecule has 0 bridgehead atoms. The highest BCUT2D eigenvalue weighted by molar-refractivity contribution is 6.32. The Morgan fingerprint density at radius 2 is 1.67 bits per heavy atom. The van der Waals surface area contributed by atoms with Gasteiger partial charge in [0.25, 0.3) is 9.76 Å². The van der Waals surface area contributed by atoms with Crippen LogP contribution in [0.2, 0.25) is 0 Å². The van der Waals surface area contributed by atoms with Crippen molar-refractivity contribution in [2.75, 3.05) is 0 Å². The van der Waals surface area contributed by atoms with Gasteiger partial charge in [0.05, 0.1) is 0 Å². The molecule has 12 heavy (non-hydrogen) atoms. The molecule has 0 saturated carbocycles. The molecule has 2 radical (unpaired) electrons. The first-order valence-electron chi connectivity index (χ1n) is 4.92. The van der Waals surface area contributed by atoms with E-state index in [4.69, 9.17) is 4.80 Å². The third-order valence-corrected chi connectivity index (χ3v) is 2.51. The van der Waals surface area contributed by atoms with Crippen LogP contribution in [0.1, 0.15) is 52.4 Å². The first-order chi connectivity index (χ1) is 5.85.